The van der Waals surface area contributed by atoms with Crippen LogP contribution in [-0.4, -0.2) is 19.8 Å². The number of rotatable bonds is 8. The van der Waals surface area contributed by atoms with E-state index in [1.165, 1.54) is 12.0 Å². The van der Waals surface area contributed by atoms with Crippen molar-refractivity contribution in [2.75, 3.05) is 19.8 Å². The Hall–Kier alpha value is -2.24. The molecule has 0 heterocycles. The molecule has 0 aromatic heterocycles. The van der Waals surface area contributed by atoms with Crippen LogP contribution in [0, 0.1) is 11.8 Å². The third-order valence-electron chi connectivity index (χ3n) is 3.54. The summed E-state index contributed by atoms with van der Waals surface area (Å²) in [5.74, 6) is 7.25. The van der Waals surface area contributed by atoms with Crippen LogP contribution in [0.2, 0.25) is 0 Å². The fraction of sp³-hybridized carbons (Fsp3) is 0.364. The van der Waals surface area contributed by atoms with Gasteiger partial charge in [-0.3, -0.25) is 0 Å². The first-order valence-electron chi connectivity index (χ1n) is 8.73. The monoisotopic (exact) mass is 322 g/mol. The lowest BCUT2D eigenvalue weighted by Crippen LogP contribution is -2.06. The van der Waals surface area contributed by atoms with Crippen LogP contribution in [0.15, 0.2) is 48.5 Å². The summed E-state index contributed by atoms with van der Waals surface area (Å²) < 4.78 is 11.0. The summed E-state index contributed by atoms with van der Waals surface area (Å²) in [5.41, 5.74) is 3.40. The lowest BCUT2D eigenvalue weighted by molar-refractivity contribution is 0.101. The summed E-state index contributed by atoms with van der Waals surface area (Å²) in [7, 11) is 0. The van der Waals surface area contributed by atoms with Gasteiger partial charge in [-0.2, -0.15) is 0 Å². The SMILES string of the molecule is CCCOCCOc1ccc(C#Cc2ccc(CCC)cc2)cc1. The van der Waals surface area contributed by atoms with Gasteiger partial charge in [-0.25, -0.2) is 0 Å². The second-order valence-electron chi connectivity index (χ2n) is 5.68. The third kappa shape index (κ3) is 6.48. The maximum atomic E-state index is 5.63. The van der Waals surface area contributed by atoms with E-state index in [0.717, 1.165) is 36.3 Å². The van der Waals surface area contributed by atoms with Gasteiger partial charge in [0.15, 0.2) is 0 Å². The molecule has 126 valence electrons. The van der Waals surface area contributed by atoms with E-state index < -0.39 is 0 Å². The molecule has 0 fully saturated rings. The van der Waals surface area contributed by atoms with Crippen molar-refractivity contribution in [1.29, 1.82) is 0 Å². The Bertz CT molecular complexity index is 645. The molecule has 0 amide bonds. The van der Waals surface area contributed by atoms with E-state index >= 15 is 0 Å². The lowest BCUT2D eigenvalue weighted by atomic mass is 10.1. The smallest absolute Gasteiger partial charge is 0.119 e. The van der Waals surface area contributed by atoms with Crippen LogP contribution in [-0.2, 0) is 11.2 Å². The van der Waals surface area contributed by atoms with Gasteiger partial charge in [0.1, 0.15) is 12.4 Å². The van der Waals surface area contributed by atoms with Gasteiger partial charge in [0, 0.05) is 17.7 Å². The van der Waals surface area contributed by atoms with Crippen molar-refractivity contribution in [3.63, 3.8) is 0 Å². The topological polar surface area (TPSA) is 18.5 Å². The average Bonchev–Trinajstić information content (AvgIpc) is 2.62. The molecule has 0 saturated carbocycles. The second-order valence-corrected chi connectivity index (χ2v) is 5.68. The van der Waals surface area contributed by atoms with E-state index in [1.807, 2.05) is 24.3 Å². The number of hydrogen-bond acceptors (Lipinski definition) is 2. The predicted octanol–water partition coefficient (Wildman–Crippen LogP) is 4.84. The van der Waals surface area contributed by atoms with Crippen LogP contribution in [0.1, 0.15) is 43.4 Å². The molecule has 0 aliphatic rings. The summed E-state index contributed by atoms with van der Waals surface area (Å²) in [6, 6.07) is 16.4. The van der Waals surface area contributed by atoms with Crippen molar-refractivity contribution in [1.82, 2.24) is 0 Å². The fourth-order valence-corrected chi connectivity index (χ4v) is 2.29. The van der Waals surface area contributed by atoms with Crippen LogP contribution in [0.4, 0.5) is 0 Å². The zero-order chi connectivity index (χ0) is 17.0. The highest BCUT2D eigenvalue weighted by Gasteiger charge is 1.95. The summed E-state index contributed by atoms with van der Waals surface area (Å²) in [6.45, 7) is 6.29. The predicted molar refractivity (Wildman–Crippen MR) is 99.5 cm³/mol. The number of ether oxygens (including phenoxy) is 2. The summed E-state index contributed by atoms with van der Waals surface area (Å²) in [4.78, 5) is 0. The van der Waals surface area contributed by atoms with Crippen LogP contribution < -0.4 is 4.74 Å². The van der Waals surface area contributed by atoms with Crippen LogP contribution in [0.5, 0.6) is 5.75 Å². The van der Waals surface area contributed by atoms with Crippen molar-refractivity contribution >= 4 is 0 Å². The summed E-state index contributed by atoms with van der Waals surface area (Å²) >= 11 is 0. The molecule has 2 aromatic carbocycles. The molecule has 0 radical (unpaired) electrons. The Kier molecular flexibility index (Phi) is 7.93. The minimum Gasteiger partial charge on any atom is -0.491 e. The van der Waals surface area contributed by atoms with Gasteiger partial charge in [-0.05, 0) is 54.8 Å². The van der Waals surface area contributed by atoms with Crippen molar-refractivity contribution in [2.24, 2.45) is 0 Å². The summed E-state index contributed by atoms with van der Waals surface area (Å²) in [6.07, 6.45) is 3.33. The Morgan fingerprint density at radius 1 is 0.708 bits per heavy atom. The molecule has 2 aromatic rings. The van der Waals surface area contributed by atoms with Crippen molar-refractivity contribution in [3.05, 3.63) is 65.2 Å². The maximum Gasteiger partial charge on any atom is 0.119 e. The number of hydrogen-bond donors (Lipinski definition) is 0. The minimum absolute atomic E-state index is 0.579. The molecule has 0 unspecified atom stereocenters. The third-order valence-corrected chi connectivity index (χ3v) is 3.54. The largest absolute Gasteiger partial charge is 0.491 e. The first-order chi connectivity index (χ1) is 11.8. The molecule has 0 aliphatic heterocycles. The van der Waals surface area contributed by atoms with E-state index in [9.17, 15) is 0 Å². The molecule has 2 nitrogen and oxygen atoms in total. The fourth-order valence-electron chi connectivity index (χ4n) is 2.29. The van der Waals surface area contributed by atoms with Crippen molar-refractivity contribution in [3.8, 4) is 17.6 Å². The molecular weight excluding hydrogens is 296 g/mol. The van der Waals surface area contributed by atoms with Crippen LogP contribution in [0.3, 0.4) is 0 Å². The minimum atomic E-state index is 0.579. The molecule has 0 N–H and O–H groups in total. The van der Waals surface area contributed by atoms with Gasteiger partial charge in [0.05, 0.1) is 6.61 Å². The van der Waals surface area contributed by atoms with Gasteiger partial charge >= 0.3 is 0 Å². The first kappa shape index (κ1) is 18.1. The van der Waals surface area contributed by atoms with E-state index in [4.69, 9.17) is 9.47 Å². The quantitative estimate of drug-likeness (QED) is 0.511. The standard InChI is InChI=1S/C22H26O2/c1-3-5-19-6-8-20(9-7-19)10-11-21-12-14-22(15-13-21)24-18-17-23-16-4-2/h6-9,12-15H,3-5,16-18H2,1-2H3. The Morgan fingerprint density at radius 2 is 1.33 bits per heavy atom. The molecule has 0 spiro atoms. The first-order valence-corrected chi connectivity index (χ1v) is 8.73. The second kappa shape index (κ2) is 10.5. The van der Waals surface area contributed by atoms with Gasteiger partial charge in [-0.1, -0.05) is 44.2 Å². The van der Waals surface area contributed by atoms with Crippen LogP contribution in [0.25, 0.3) is 0 Å². The van der Waals surface area contributed by atoms with Crippen LogP contribution >= 0.6 is 0 Å². The molecule has 0 saturated heterocycles. The molecule has 0 aliphatic carbocycles. The van der Waals surface area contributed by atoms with Crippen molar-refractivity contribution in [2.45, 2.75) is 33.1 Å². The van der Waals surface area contributed by atoms with E-state index in [0.29, 0.717) is 13.2 Å². The molecule has 2 heteroatoms. The Morgan fingerprint density at radius 3 is 1.92 bits per heavy atom. The molecule has 24 heavy (non-hydrogen) atoms. The highest BCUT2D eigenvalue weighted by molar-refractivity contribution is 5.44. The number of benzene rings is 2. The van der Waals surface area contributed by atoms with E-state index in [-0.39, 0.29) is 0 Å². The number of aryl methyl sites for hydroxylation is 1. The molecule has 0 atom stereocenters. The molecular formula is C22H26O2. The zero-order valence-corrected chi connectivity index (χ0v) is 14.7. The van der Waals surface area contributed by atoms with Gasteiger partial charge in [-0.15, -0.1) is 0 Å². The Balaban J connectivity index is 1.85. The average molecular weight is 322 g/mol. The van der Waals surface area contributed by atoms with Gasteiger partial charge < -0.3 is 9.47 Å². The van der Waals surface area contributed by atoms with Gasteiger partial charge in [0.25, 0.3) is 0 Å². The maximum absolute atomic E-state index is 5.63. The Labute approximate surface area is 145 Å². The lowest BCUT2D eigenvalue weighted by Gasteiger charge is -2.06. The van der Waals surface area contributed by atoms with Crippen molar-refractivity contribution < 1.29 is 9.47 Å². The highest BCUT2D eigenvalue weighted by Crippen LogP contribution is 2.12. The van der Waals surface area contributed by atoms with Gasteiger partial charge in [0.2, 0.25) is 0 Å². The highest BCUT2D eigenvalue weighted by atomic mass is 16.5. The zero-order valence-electron chi connectivity index (χ0n) is 14.7. The van der Waals surface area contributed by atoms with E-state index in [2.05, 4.69) is 50.0 Å². The van der Waals surface area contributed by atoms with E-state index in [1.54, 1.807) is 0 Å². The molecule has 0 bridgehead atoms. The molecule has 2 rings (SSSR count). The normalized spacial score (nSPS) is 10.1. The summed E-state index contributed by atoms with van der Waals surface area (Å²) in [5, 5.41) is 0.